The largest absolute Gasteiger partial charge is 0.487 e. The highest BCUT2D eigenvalue weighted by Crippen LogP contribution is 2.25. The molecule has 4 heteroatoms. The van der Waals surface area contributed by atoms with Gasteiger partial charge in [-0.1, -0.05) is 25.1 Å². The van der Waals surface area contributed by atoms with Crippen LogP contribution < -0.4 is 4.74 Å². The summed E-state index contributed by atoms with van der Waals surface area (Å²) < 4.78 is 7.64. The minimum Gasteiger partial charge on any atom is -0.487 e. The summed E-state index contributed by atoms with van der Waals surface area (Å²) in [6.45, 7) is 4.27. The molecule has 0 saturated carbocycles. The number of aliphatic hydroxyl groups is 1. The van der Waals surface area contributed by atoms with E-state index in [-0.39, 0.29) is 0 Å². The summed E-state index contributed by atoms with van der Waals surface area (Å²) >= 11 is 0. The van der Waals surface area contributed by atoms with Crippen molar-refractivity contribution in [2.45, 2.75) is 33.0 Å². The molecule has 1 heterocycles. The number of aliphatic hydroxyl groups excluding tert-OH is 1. The van der Waals surface area contributed by atoms with Crippen LogP contribution in [0.4, 0.5) is 0 Å². The molecule has 2 rings (SSSR count). The van der Waals surface area contributed by atoms with E-state index in [9.17, 15) is 5.11 Å². The maximum atomic E-state index is 9.70. The second kappa shape index (κ2) is 5.89. The fraction of sp³-hybridized carbons (Fsp3) is 0.400. The third kappa shape index (κ3) is 3.15. The standard InChI is InChI=1S/C15H20N2O2/c1-4-12-9-13(17(3)16-12)10-19-15-8-6-5-7-14(15)11(2)18/h5-9,11,18H,4,10H2,1-3H3/t11-/m1/s1. The molecule has 102 valence electrons. The number of benzene rings is 1. The number of ether oxygens (including phenoxy) is 1. The molecule has 19 heavy (non-hydrogen) atoms. The summed E-state index contributed by atoms with van der Waals surface area (Å²) in [5.41, 5.74) is 2.89. The van der Waals surface area contributed by atoms with E-state index in [1.54, 1.807) is 6.92 Å². The molecule has 0 saturated heterocycles. The Kier molecular flexibility index (Phi) is 4.22. The number of hydrogen-bond acceptors (Lipinski definition) is 3. The molecular weight excluding hydrogens is 240 g/mol. The lowest BCUT2D eigenvalue weighted by atomic mass is 10.1. The van der Waals surface area contributed by atoms with Crippen LogP contribution in [0.25, 0.3) is 0 Å². The maximum absolute atomic E-state index is 9.70. The Hall–Kier alpha value is -1.81. The Balaban J connectivity index is 2.12. The van der Waals surface area contributed by atoms with Gasteiger partial charge in [0.1, 0.15) is 12.4 Å². The van der Waals surface area contributed by atoms with Gasteiger partial charge in [0.05, 0.1) is 17.5 Å². The Morgan fingerprint density at radius 1 is 1.37 bits per heavy atom. The highest BCUT2D eigenvalue weighted by atomic mass is 16.5. The molecule has 0 aliphatic heterocycles. The van der Waals surface area contributed by atoms with Crippen molar-refractivity contribution in [1.82, 2.24) is 9.78 Å². The Bertz CT molecular complexity index is 547. The molecule has 1 aromatic heterocycles. The number of para-hydroxylation sites is 1. The van der Waals surface area contributed by atoms with Gasteiger partial charge in [-0.15, -0.1) is 0 Å². The minimum atomic E-state index is -0.533. The van der Waals surface area contributed by atoms with Crippen LogP contribution in [-0.4, -0.2) is 14.9 Å². The van der Waals surface area contributed by atoms with Crippen LogP contribution in [0.1, 0.15) is 36.9 Å². The van der Waals surface area contributed by atoms with Crippen LogP contribution in [-0.2, 0) is 20.1 Å². The molecule has 0 radical (unpaired) electrons. The Labute approximate surface area is 113 Å². The van der Waals surface area contributed by atoms with E-state index in [1.165, 1.54) is 0 Å². The number of hydrogen-bond donors (Lipinski definition) is 1. The average molecular weight is 260 g/mol. The van der Waals surface area contributed by atoms with Crippen LogP contribution in [0.2, 0.25) is 0 Å². The second-order valence-electron chi connectivity index (χ2n) is 4.61. The topological polar surface area (TPSA) is 47.3 Å². The van der Waals surface area contributed by atoms with Gasteiger partial charge >= 0.3 is 0 Å². The van der Waals surface area contributed by atoms with Gasteiger partial charge in [-0.2, -0.15) is 5.10 Å². The predicted octanol–water partition coefficient (Wildman–Crippen LogP) is 2.61. The summed E-state index contributed by atoms with van der Waals surface area (Å²) in [7, 11) is 1.92. The smallest absolute Gasteiger partial charge is 0.130 e. The van der Waals surface area contributed by atoms with E-state index in [1.807, 2.05) is 42.1 Å². The molecule has 0 amide bonds. The van der Waals surface area contributed by atoms with Crippen molar-refractivity contribution < 1.29 is 9.84 Å². The lowest BCUT2D eigenvalue weighted by Crippen LogP contribution is -2.05. The molecule has 4 nitrogen and oxygen atoms in total. The number of aryl methyl sites for hydroxylation is 2. The minimum absolute atomic E-state index is 0.452. The fourth-order valence-corrected chi connectivity index (χ4v) is 1.99. The van der Waals surface area contributed by atoms with Gasteiger partial charge in [-0.3, -0.25) is 4.68 Å². The van der Waals surface area contributed by atoms with E-state index in [4.69, 9.17) is 4.74 Å². The normalized spacial score (nSPS) is 12.4. The van der Waals surface area contributed by atoms with E-state index >= 15 is 0 Å². The van der Waals surface area contributed by atoms with Gasteiger partial charge in [-0.25, -0.2) is 0 Å². The van der Waals surface area contributed by atoms with E-state index in [0.29, 0.717) is 6.61 Å². The molecule has 0 fully saturated rings. The summed E-state index contributed by atoms with van der Waals surface area (Å²) in [5.74, 6) is 0.719. The highest BCUT2D eigenvalue weighted by Gasteiger charge is 2.10. The predicted molar refractivity (Wildman–Crippen MR) is 74.0 cm³/mol. The summed E-state index contributed by atoms with van der Waals surface area (Å²) in [6, 6.07) is 9.60. The third-order valence-electron chi connectivity index (χ3n) is 3.13. The molecule has 0 spiro atoms. The Morgan fingerprint density at radius 2 is 2.11 bits per heavy atom. The van der Waals surface area contributed by atoms with Gasteiger partial charge in [0.15, 0.2) is 0 Å². The fourth-order valence-electron chi connectivity index (χ4n) is 1.99. The van der Waals surface area contributed by atoms with Gasteiger partial charge in [0.2, 0.25) is 0 Å². The first-order chi connectivity index (χ1) is 9.11. The van der Waals surface area contributed by atoms with Crippen molar-refractivity contribution >= 4 is 0 Å². The zero-order chi connectivity index (χ0) is 13.8. The van der Waals surface area contributed by atoms with E-state index < -0.39 is 6.10 Å². The van der Waals surface area contributed by atoms with Crippen LogP contribution >= 0.6 is 0 Å². The van der Waals surface area contributed by atoms with Gasteiger partial charge in [-0.05, 0) is 25.5 Å². The average Bonchev–Trinajstić information content (AvgIpc) is 2.77. The van der Waals surface area contributed by atoms with Crippen LogP contribution in [0.15, 0.2) is 30.3 Å². The van der Waals surface area contributed by atoms with Gasteiger partial charge in [0.25, 0.3) is 0 Å². The lowest BCUT2D eigenvalue weighted by Gasteiger charge is -2.13. The van der Waals surface area contributed by atoms with Gasteiger partial charge < -0.3 is 9.84 Å². The molecule has 2 aromatic rings. The van der Waals surface area contributed by atoms with Crippen LogP contribution in [0, 0.1) is 0 Å². The van der Waals surface area contributed by atoms with Crippen molar-refractivity contribution in [2.75, 3.05) is 0 Å². The zero-order valence-corrected chi connectivity index (χ0v) is 11.6. The highest BCUT2D eigenvalue weighted by molar-refractivity contribution is 5.34. The first-order valence-electron chi connectivity index (χ1n) is 6.53. The molecular formula is C15H20N2O2. The number of nitrogens with zero attached hydrogens (tertiary/aromatic N) is 2. The monoisotopic (exact) mass is 260 g/mol. The number of aromatic nitrogens is 2. The summed E-state index contributed by atoms with van der Waals surface area (Å²) in [6.07, 6.45) is 0.381. The van der Waals surface area contributed by atoms with Gasteiger partial charge in [0, 0.05) is 12.6 Å². The molecule has 1 N–H and O–H groups in total. The lowest BCUT2D eigenvalue weighted by molar-refractivity contribution is 0.189. The van der Waals surface area contributed by atoms with E-state index in [2.05, 4.69) is 12.0 Å². The molecule has 0 unspecified atom stereocenters. The van der Waals surface area contributed by atoms with Crippen molar-refractivity contribution in [2.24, 2.45) is 7.05 Å². The molecule has 0 aliphatic rings. The summed E-state index contributed by atoms with van der Waals surface area (Å²) in [4.78, 5) is 0. The number of rotatable bonds is 5. The first kappa shape index (κ1) is 13.6. The quantitative estimate of drug-likeness (QED) is 0.899. The molecule has 0 aliphatic carbocycles. The zero-order valence-electron chi connectivity index (χ0n) is 11.6. The molecule has 1 aromatic carbocycles. The van der Waals surface area contributed by atoms with Crippen molar-refractivity contribution in [3.8, 4) is 5.75 Å². The van der Waals surface area contributed by atoms with Crippen molar-refractivity contribution in [3.05, 3.63) is 47.3 Å². The summed E-state index contributed by atoms with van der Waals surface area (Å²) in [5, 5.41) is 14.1. The molecule has 1 atom stereocenters. The van der Waals surface area contributed by atoms with Crippen molar-refractivity contribution in [3.63, 3.8) is 0 Å². The third-order valence-corrected chi connectivity index (χ3v) is 3.13. The molecule has 0 bridgehead atoms. The van der Waals surface area contributed by atoms with E-state index in [0.717, 1.165) is 29.1 Å². The Morgan fingerprint density at radius 3 is 2.74 bits per heavy atom. The van der Waals surface area contributed by atoms with Crippen LogP contribution in [0.3, 0.4) is 0 Å². The second-order valence-corrected chi connectivity index (χ2v) is 4.61. The SMILES string of the molecule is CCc1cc(COc2ccccc2[C@@H](C)O)n(C)n1. The first-order valence-corrected chi connectivity index (χ1v) is 6.53. The van der Waals surface area contributed by atoms with Crippen LogP contribution in [0.5, 0.6) is 5.75 Å². The maximum Gasteiger partial charge on any atom is 0.130 e. The van der Waals surface area contributed by atoms with Crippen molar-refractivity contribution in [1.29, 1.82) is 0 Å².